The second-order valence-corrected chi connectivity index (χ2v) is 9.48. The lowest BCUT2D eigenvalue weighted by Crippen LogP contribution is -2.47. The molecule has 0 radical (unpaired) electrons. The summed E-state index contributed by atoms with van der Waals surface area (Å²) >= 11 is 0. The fraction of sp³-hybridized carbons (Fsp3) is 0.118. The average Bonchev–Trinajstić information content (AvgIpc) is 3.11. The van der Waals surface area contributed by atoms with Crippen molar-refractivity contribution in [1.82, 2.24) is 15.2 Å². The minimum absolute atomic E-state index is 0.377. The van der Waals surface area contributed by atoms with E-state index in [0.717, 1.165) is 22.9 Å². The summed E-state index contributed by atoms with van der Waals surface area (Å²) < 4.78 is 50.9. The number of hydrogen-bond acceptors (Lipinski definition) is 6. The molecule has 0 aliphatic carbocycles. The Kier molecular flexibility index (Phi) is 4.94. The molecular formula is C17H17N3O5S2. The van der Waals surface area contributed by atoms with Gasteiger partial charge in [-0.1, -0.05) is 42.5 Å². The molecule has 1 heterocycles. The van der Waals surface area contributed by atoms with E-state index in [1.807, 2.05) is 10.8 Å². The molecule has 0 fully saturated rings. The molecule has 0 aromatic heterocycles. The van der Waals surface area contributed by atoms with E-state index in [0.29, 0.717) is 0 Å². The van der Waals surface area contributed by atoms with Crippen LogP contribution in [0.25, 0.3) is 0 Å². The Labute approximate surface area is 157 Å². The second kappa shape index (κ2) is 7.05. The first-order valence-electron chi connectivity index (χ1n) is 7.83. The van der Waals surface area contributed by atoms with Gasteiger partial charge < -0.3 is 5.43 Å². The Bertz CT molecular complexity index is 1100. The molecule has 27 heavy (non-hydrogen) atoms. The number of sulfonamides is 1. The van der Waals surface area contributed by atoms with E-state index in [4.69, 9.17) is 0 Å². The van der Waals surface area contributed by atoms with Gasteiger partial charge in [0.2, 0.25) is 0 Å². The van der Waals surface area contributed by atoms with E-state index in [9.17, 15) is 21.6 Å². The highest BCUT2D eigenvalue weighted by Gasteiger charge is 2.31. The van der Waals surface area contributed by atoms with E-state index >= 15 is 0 Å². The van der Waals surface area contributed by atoms with Crippen molar-refractivity contribution in [3.63, 3.8) is 0 Å². The maximum Gasteiger partial charge on any atom is 0.350 e. The number of nitrogens with zero attached hydrogens (tertiary/aromatic N) is 1. The summed E-state index contributed by atoms with van der Waals surface area (Å²) in [4.78, 5) is 11.7. The third-order valence-corrected chi connectivity index (χ3v) is 6.55. The number of hydrogen-bond donors (Lipinski definition) is 2. The number of carbonyl (C=O) groups excluding carboxylic acids is 1. The van der Waals surface area contributed by atoms with Gasteiger partial charge in [-0.25, -0.2) is 31.4 Å². The summed E-state index contributed by atoms with van der Waals surface area (Å²) in [7, 11) is -8.20. The highest BCUT2D eigenvalue weighted by Crippen LogP contribution is 2.25. The molecule has 0 bridgehead atoms. The van der Waals surface area contributed by atoms with Crippen LogP contribution in [-0.2, 0) is 19.9 Å². The number of rotatable bonds is 4. The van der Waals surface area contributed by atoms with Gasteiger partial charge in [-0.05, 0) is 23.8 Å². The van der Waals surface area contributed by atoms with E-state index in [1.54, 1.807) is 30.3 Å². The monoisotopic (exact) mass is 407 g/mol. The van der Waals surface area contributed by atoms with E-state index in [2.05, 4.69) is 5.43 Å². The van der Waals surface area contributed by atoms with Crippen molar-refractivity contribution in [2.24, 2.45) is 0 Å². The smallest absolute Gasteiger partial charge is 0.301 e. The van der Waals surface area contributed by atoms with Crippen LogP contribution in [0, 0.1) is 0 Å². The second-order valence-electron chi connectivity index (χ2n) is 5.84. The molecule has 2 aromatic rings. The Balaban J connectivity index is 1.88. The summed E-state index contributed by atoms with van der Waals surface area (Å²) in [6.45, 7) is 0. The Morgan fingerprint density at radius 3 is 2.19 bits per heavy atom. The van der Waals surface area contributed by atoms with Gasteiger partial charge in [-0.2, -0.15) is 0 Å². The van der Waals surface area contributed by atoms with Crippen LogP contribution < -0.4 is 10.1 Å². The fourth-order valence-corrected chi connectivity index (χ4v) is 5.25. The number of benzene rings is 2. The summed E-state index contributed by atoms with van der Waals surface area (Å²) in [6, 6.07) is 12.7. The van der Waals surface area contributed by atoms with Crippen LogP contribution in [0.3, 0.4) is 0 Å². The minimum Gasteiger partial charge on any atom is -0.301 e. The zero-order valence-electron chi connectivity index (χ0n) is 14.2. The first-order chi connectivity index (χ1) is 12.7. The van der Waals surface area contributed by atoms with Crippen LogP contribution >= 0.6 is 0 Å². The zero-order chi connectivity index (χ0) is 19.7. The quantitative estimate of drug-likeness (QED) is 0.795. The molecule has 3 rings (SSSR count). The molecule has 1 aliphatic rings. The summed E-state index contributed by atoms with van der Waals surface area (Å²) in [5.74, 6) is 0. The normalized spacial score (nSPS) is 16.8. The molecule has 142 valence electrons. The van der Waals surface area contributed by atoms with Gasteiger partial charge >= 0.3 is 6.03 Å². The van der Waals surface area contributed by atoms with Crippen molar-refractivity contribution in [2.75, 3.05) is 6.26 Å². The Hall–Kier alpha value is -2.85. The molecular weight excluding hydrogens is 390 g/mol. The first kappa shape index (κ1) is 18.9. The van der Waals surface area contributed by atoms with Crippen LogP contribution in [0.1, 0.15) is 11.6 Å². The average molecular weight is 407 g/mol. The van der Waals surface area contributed by atoms with Gasteiger partial charge in [0.15, 0.2) is 9.84 Å². The van der Waals surface area contributed by atoms with Crippen LogP contribution in [0.4, 0.5) is 4.79 Å². The standard InChI is InChI=1S/C17H17N3O5S2/c1-26(22,23)15-9-5-6-10-16(15)27(24,25)19-17(21)20-14(11-12-18-20)13-7-3-2-4-8-13/h2-12,14,18H,1H3,(H,19,21). The van der Waals surface area contributed by atoms with Crippen LogP contribution in [0.2, 0.25) is 0 Å². The number of nitrogens with one attached hydrogen (secondary N) is 2. The minimum atomic E-state index is -4.40. The lowest BCUT2D eigenvalue weighted by atomic mass is 10.1. The predicted molar refractivity (Wildman–Crippen MR) is 98.6 cm³/mol. The van der Waals surface area contributed by atoms with Gasteiger partial charge in [-0.3, -0.25) is 0 Å². The van der Waals surface area contributed by atoms with E-state index < -0.39 is 36.8 Å². The summed E-state index contributed by atoms with van der Waals surface area (Å²) in [5, 5.41) is 1.11. The molecule has 1 aliphatic heterocycles. The van der Waals surface area contributed by atoms with Gasteiger partial charge in [0.1, 0.15) is 4.90 Å². The van der Waals surface area contributed by atoms with E-state index in [-0.39, 0.29) is 4.90 Å². The molecule has 1 unspecified atom stereocenters. The topological polar surface area (TPSA) is 113 Å². The maximum atomic E-state index is 12.6. The van der Waals surface area contributed by atoms with Crippen molar-refractivity contribution < 1.29 is 21.6 Å². The molecule has 2 amide bonds. The van der Waals surface area contributed by atoms with Crippen LogP contribution in [0.5, 0.6) is 0 Å². The van der Waals surface area contributed by atoms with Crippen LogP contribution in [0.15, 0.2) is 76.7 Å². The van der Waals surface area contributed by atoms with Gasteiger partial charge in [-0.15, -0.1) is 0 Å². The fourth-order valence-electron chi connectivity index (χ4n) is 2.67. The Morgan fingerprint density at radius 1 is 0.963 bits per heavy atom. The molecule has 8 nitrogen and oxygen atoms in total. The van der Waals surface area contributed by atoms with Gasteiger partial charge in [0.05, 0.1) is 10.9 Å². The lowest BCUT2D eigenvalue weighted by Gasteiger charge is -2.25. The van der Waals surface area contributed by atoms with Gasteiger partial charge in [0, 0.05) is 12.5 Å². The molecule has 0 saturated carbocycles. The van der Waals surface area contributed by atoms with Crippen molar-refractivity contribution in [2.45, 2.75) is 15.8 Å². The van der Waals surface area contributed by atoms with Crippen molar-refractivity contribution >= 4 is 25.9 Å². The number of carbonyl (C=O) groups is 1. The zero-order valence-corrected chi connectivity index (χ0v) is 15.9. The molecule has 2 aromatic carbocycles. The highest BCUT2D eigenvalue weighted by atomic mass is 32.2. The highest BCUT2D eigenvalue weighted by molar-refractivity contribution is 7.93. The first-order valence-corrected chi connectivity index (χ1v) is 11.2. The molecule has 1 atom stereocenters. The SMILES string of the molecule is CS(=O)(=O)c1ccccc1S(=O)(=O)NC(=O)N1NC=CC1c1ccccc1. The van der Waals surface area contributed by atoms with Gasteiger partial charge in [0.25, 0.3) is 10.0 Å². The number of sulfone groups is 1. The maximum absolute atomic E-state index is 12.6. The van der Waals surface area contributed by atoms with E-state index in [1.165, 1.54) is 24.4 Å². The number of hydrazine groups is 1. The molecule has 2 N–H and O–H groups in total. The molecule has 0 spiro atoms. The van der Waals surface area contributed by atoms with Crippen molar-refractivity contribution in [1.29, 1.82) is 0 Å². The molecule has 0 saturated heterocycles. The Morgan fingerprint density at radius 2 is 1.56 bits per heavy atom. The van der Waals surface area contributed by atoms with Crippen LogP contribution in [-0.4, -0.2) is 34.1 Å². The molecule has 10 heteroatoms. The predicted octanol–water partition coefficient (Wildman–Crippen LogP) is 1.56. The lowest BCUT2D eigenvalue weighted by molar-refractivity contribution is 0.181. The number of urea groups is 1. The van der Waals surface area contributed by atoms with Crippen molar-refractivity contribution in [3.05, 3.63) is 72.4 Å². The third kappa shape index (κ3) is 3.96. The summed E-state index contributed by atoms with van der Waals surface area (Å²) in [5.41, 5.74) is 3.46. The summed E-state index contributed by atoms with van der Waals surface area (Å²) in [6.07, 6.45) is 4.13. The third-order valence-electron chi connectivity index (χ3n) is 3.89. The number of amides is 2. The van der Waals surface area contributed by atoms with Crippen molar-refractivity contribution in [3.8, 4) is 0 Å². The largest absolute Gasteiger partial charge is 0.350 e.